The van der Waals surface area contributed by atoms with Crippen molar-refractivity contribution in [2.45, 2.75) is 39.5 Å². The zero-order valence-corrected chi connectivity index (χ0v) is 24.4. The van der Waals surface area contributed by atoms with Crippen LogP contribution in [0, 0.1) is 3.57 Å². The summed E-state index contributed by atoms with van der Waals surface area (Å²) in [5.41, 5.74) is 9.60. The number of hydrogen-bond donors (Lipinski definition) is 2. The van der Waals surface area contributed by atoms with Crippen LogP contribution in [0.2, 0.25) is 5.02 Å². The molecule has 11 heteroatoms. The van der Waals surface area contributed by atoms with E-state index in [0.29, 0.717) is 38.5 Å². The van der Waals surface area contributed by atoms with Crippen LogP contribution in [0.1, 0.15) is 32.0 Å². The number of halogens is 2. The zero-order valence-electron chi connectivity index (χ0n) is 21.5. The molecule has 1 fully saturated rings. The van der Waals surface area contributed by atoms with Crippen molar-refractivity contribution < 1.29 is 14.3 Å². The van der Waals surface area contributed by atoms with E-state index in [0.717, 1.165) is 48.2 Å². The highest BCUT2D eigenvalue weighted by Crippen LogP contribution is 2.28. The Morgan fingerprint density at radius 1 is 1.13 bits per heavy atom. The number of ether oxygens (including phenoxy) is 1. The number of nitrogens with two attached hydrogens (primary N) is 1. The summed E-state index contributed by atoms with van der Waals surface area (Å²) in [5, 5.41) is 2.67. The second-order valence-electron chi connectivity index (χ2n) is 10.1. The number of H-pyrrole nitrogens is 1. The van der Waals surface area contributed by atoms with Crippen molar-refractivity contribution in [3.63, 3.8) is 0 Å². The number of nitrogen functional groups attached to an aromatic ring is 1. The van der Waals surface area contributed by atoms with Gasteiger partial charge in [-0.3, -0.25) is 14.5 Å². The average Bonchev–Trinajstić information content (AvgIpc) is 3.15. The highest BCUT2D eigenvalue weighted by molar-refractivity contribution is 14.1. The van der Waals surface area contributed by atoms with E-state index in [1.807, 2.05) is 62.1 Å². The maximum absolute atomic E-state index is 12.8. The van der Waals surface area contributed by atoms with Gasteiger partial charge in [0.1, 0.15) is 17.7 Å². The van der Waals surface area contributed by atoms with Gasteiger partial charge >= 0.3 is 0 Å². The minimum Gasteiger partial charge on any atom is -0.462 e. The van der Waals surface area contributed by atoms with Crippen LogP contribution < -0.4 is 5.73 Å². The molecule has 0 saturated carbocycles. The van der Waals surface area contributed by atoms with E-state index < -0.39 is 0 Å². The fourth-order valence-corrected chi connectivity index (χ4v) is 5.09. The third-order valence-corrected chi connectivity index (χ3v) is 7.52. The zero-order chi connectivity index (χ0) is 27.4. The molecule has 0 aliphatic carbocycles. The van der Waals surface area contributed by atoms with Crippen molar-refractivity contribution in [1.82, 2.24) is 24.8 Å². The number of rotatable bonds is 5. The molecular weight excluding hydrogens is 619 g/mol. The molecule has 3 N–H and O–H groups in total. The van der Waals surface area contributed by atoms with Gasteiger partial charge in [0, 0.05) is 56.8 Å². The quantitative estimate of drug-likeness (QED) is 0.237. The molecule has 3 heterocycles. The Labute approximate surface area is 239 Å². The number of aromatic nitrogens is 3. The summed E-state index contributed by atoms with van der Waals surface area (Å²) in [4.78, 5) is 38.3. The minimum absolute atomic E-state index is 0.128. The van der Waals surface area contributed by atoms with Crippen LogP contribution in [0.4, 0.5) is 5.82 Å². The number of aromatic amines is 1. The van der Waals surface area contributed by atoms with E-state index in [4.69, 9.17) is 17.3 Å². The van der Waals surface area contributed by atoms with Crippen molar-refractivity contribution in [1.29, 1.82) is 0 Å². The molecule has 1 aliphatic heterocycles. The Bertz CT molecular complexity index is 1470. The van der Waals surface area contributed by atoms with Crippen LogP contribution in [0.15, 0.2) is 42.7 Å². The highest BCUT2D eigenvalue weighted by Gasteiger charge is 2.25. The number of amides is 1. The van der Waals surface area contributed by atoms with Gasteiger partial charge in [-0.05, 0) is 79.3 Å². The molecule has 0 bridgehead atoms. The lowest BCUT2D eigenvalue weighted by atomic mass is 10.1. The molecule has 0 atom stereocenters. The van der Waals surface area contributed by atoms with E-state index in [1.54, 1.807) is 0 Å². The van der Waals surface area contributed by atoms with E-state index in [2.05, 4.69) is 47.2 Å². The summed E-state index contributed by atoms with van der Waals surface area (Å²) in [6.45, 7) is 9.09. The number of fused-ring (bicyclic) bond motifs is 2. The van der Waals surface area contributed by atoms with Crippen molar-refractivity contribution in [3.8, 4) is 0 Å². The fourth-order valence-electron chi connectivity index (χ4n) is 4.17. The number of piperazine rings is 1. The molecule has 0 spiro atoms. The van der Waals surface area contributed by atoms with Crippen molar-refractivity contribution >= 4 is 74.2 Å². The fraction of sp³-hybridized carbons (Fsp3) is 0.333. The van der Waals surface area contributed by atoms with E-state index in [1.165, 1.54) is 6.33 Å². The first kappa shape index (κ1) is 28.1. The first-order chi connectivity index (χ1) is 18.0. The lowest BCUT2D eigenvalue weighted by molar-refractivity contribution is -0.139. The molecule has 0 radical (unpaired) electrons. The molecule has 9 nitrogen and oxygen atoms in total. The third-order valence-electron chi connectivity index (χ3n) is 6.05. The van der Waals surface area contributed by atoms with Crippen LogP contribution >= 0.6 is 34.2 Å². The number of benzene rings is 2. The molecule has 200 valence electrons. The SMILES string of the molecule is CC(C)(C)OC=O.Nc1ncnc2cc(CN3CCN(Cc4[nH]c5ccc(Cl)cc5c4I)CC3=O)ccc12. The predicted octanol–water partition coefficient (Wildman–Crippen LogP) is 4.75. The van der Waals surface area contributed by atoms with E-state index in [9.17, 15) is 9.59 Å². The van der Waals surface area contributed by atoms with Gasteiger partial charge < -0.3 is 20.4 Å². The van der Waals surface area contributed by atoms with Crippen molar-refractivity contribution in [2.75, 3.05) is 25.4 Å². The van der Waals surface area contributed by atoms with Gasteiger partial charge in [0.15, 0.2) is 0 Å². The molecule has 1 saturated heterocycles. The summed E-state index contributed by atoms with van der Waals surface area (Å²) in [6, 6.07) is 11.7. The molecule has 2 aromatic carbocycles. The summed E-state index contributed by atoms with van der Waals surface area (Å²) >= 11 is 8.49. The summed E-state index contributed by atoms with van der Waals surface area (Å²) in [5.74, 6) is 0.595. The summed E-state index contributed by atoms with van der Waals surface area (Å²) in [6.07, 6.45) is 1.46. The Balaban J connectivity index is 0.000000426. The normalized spacial score (nSPS) is 14.4. The van der Waals surface area contributed by atoms with Crippen molar-refractivity contribution in [2.24, 2.45) is 0 Å². The first-order valence-electron chi connectivity index (χ1n) is 12.1. The summed E-state index contributed by atoms with van der Waals surface area (Å²) in [7, 11) is 0. The number of hydrogen-bond acceptors (Lipinski definition) is 7. The largest absolute Gasteiger partial charge is 0.462 e. The number of carbonyl (C=O) groups is 2. The van der Waals surface area contributed by atoms with Gasteiger partial charge in [-0.1, -0.05) is 17.7 Å². The molecule has 5 rings (SSSR count). The molecular formula is C27H30ClIN6O3. The summed E-state index contributed by atoms with van der Waals surface area (Å²) < 4.78 is 5.70. The molecule has 2 aromatic heterocycles. The average molecular weight is 649 g/mol. The molecule has 0 unspecified atom stereocenters. The number of carbonyl (C=O) groups excluding carboxylic acids is 2. The van der Waals surface area contributed by atoms with Gasteiger partial charge in [-0.25, -0.2) is 9.97 Å². The Hall–Kier alpha value is -2.96. The number of anilines is 1. The predicted molar refractivity (Wildman–Crippen MR) is 158 cm³/mol. The topological polar surface area (TPSA) is 117 Å². The van der Waals surface area contributed by atoms with Crippen LogP contribution in [0.5, 0.6) is 0 Å². The second kappa shape index (κ2) is 11.8. The van der Waals surface area contributed by atoms with E-state index >= 15 is 0 Å². The van der Waals surface area contributed by atoms with Crippen LogP contribution in [-0.4, -0.2) is 62.4 Å². The first-order valence-corrected chi connectivity index (χ1v) is 13.6. The Morgan fingerprint density at radius 3 is 2.61 bits per heavy atom. The smallest absolute Gasteiger partial charge is 0.293 e. The lowest BCUT2D eigenvalue weighted by Crippen LogP contribution is -2.49. The van der Waals surface area contributed by atoms with Gasteiger partial charge in [0.05, 0.1) is 12.1 Å². The molecule has 1 amide bonds. The Kier molecular flexibility index (Phi) is 8.74. The number of nitrogens with zero attached hydrogens (tertiary/aromatic N) is 4. The maximum atomic E-state index is 12.8. The molecule has 1 aliphatic rings. The van der Waals surface area contributed by atoms with Crippen LogP contribution in [-0.2, 0) is 27.4 Å². The number of nitrogens with one attached hydrogen (secondary N) is 1. The standard InChI is InChI=1S/C22H20ClIN6O.C5H10O2/c23-14-2-4-17-16(8-14)21(24)19(28-17)10-29-5-6-30(20(31)11-29)9-13-1-3-15-18(7-13)26-12-27-22(15)25;1-5(2,3)7-4-6/h1-4,7-8,12,28H,5-6,9-11H2,(H2,25,26,27);4H,1-3H3. The Morgan fingerprint density at radius 2 is 1.92 bits per heavy atom. The van der Waals surface area contributed by atoms with Crippen LogP contribution in [0.3, 0.4) is 0 Å². The highest BCUT2D eigenvalue weighted by atomic mass is 127. The van der Waals surface area contributed by atoms with Gasteiger partial charge in [0.25, 0.3) is 6.47 Å². The third kappa shape index (κ3) is 6.91. The lowest BCUT2D eigenvalue weighted by Gasteiger charge is -2.34. The van der Waals surface area contributed by atoms with Gasteiger partial charge in [0.2, 0.25) is 5.91 Å². The minimum atomic E-state index is -0.318. The maximum Gasteiger partial charge on any atom is 0.293 e. The monoisotopic (exact) mass is 648 g/mol. The molecule has 38 heavy (non-hydrogen) atoms. The van der Waals surface area contributed by atoms with Gasteiger partial charge in [-0.2, -0.15) is 0 Å². The van der Waals surface area contributed by atoms with E-state index in [-0.39, 0.29) is 11.5 Å². The second-order valence-corrected chi connectivity index (χ2v) is 11.6. The van der Waals surface area contributed by atoms with Crippen LogP contribution in [0.25, 0.3) is 21.8 Å². The molecule has 4 aromatic rings. The van der Waals surface area contributed by atoms with Crippen molar-refractivity contribution in [3.05, 3.63) is 62.6 Å². The van der Waals surface area contributed by atoms with Gasteiger partial charge in [-0.15, -0.1) is 0 Å².